The Morgan fingerprint density at radius 1 is 1.62 bits per heavy atom. The number of halogens is 2. The molecule has 0 fully saturated rings. The third-order valence-electron chi connectivity index (χ3n) is 1.89. The standard InChI is InChI=1S/C10H10ClFO4/c1-2-16-10(15)9(14)7-6(13)4-3-5(11)8(7)12/h3-4,9,13-14H,2H2,1H3. The van der Waals surface area contributed by atoms with Gasteiger partial charge in [0.1, 0.15) is 5.75 Å². The molecule has 0 radical (unpaired) electrons. The summed E-state index contributed by atoms with van der Waals surface area (Å²) in [6.07, 6.45) is -1.89. The average Bonchev–Trinajstić information content (AvgIpc) is 2.24. The first kappa shape index (κ1) is 12.7. The first-order chi connectivity index (χ1) is 7.49. The van der Waals surface area contributed by atoms with Gasteiger partial charge in [0.15, 0.2) is 11.9 Å². The molecule has 0 aliphatic heterocycles. The van der Waals surface area contributed by atoms with Crippen LogP contribution in [0.5, 0.6) is 5.75 Å². The van der Waals surface area contributed by atoms with Crippen molar-refractivity contribution in [3.05, 3.63) is 28.5 Å². The van der Waals surface area contributed by atoms with Gasteiger partial charge in [-0.05, 0) is 19.1 Å². The fourth-order valence-corrected chi connectivity index (χ4v) is 1.32. The summed E-state index contributed by atoms with van der Waals surface area (Å²) < 4.78 is 18.0. The number of esters is 1. The third-order valence-corrected chi connectivity index (χ3v) is 2.18. The lowest BCUT2D eigenvalue weighted by Gasteiger charge is -2.12. The van der Waals surface area contributed by atoms with E-state index in [0.717, 1.165) is 12.1 Å². The summed E-state index contributed by atoms with van der Waals surface area (Å²) in [5.74, 6) is -2.64. The van der Waals surface area contributed by atoms with Gasteiger partial charge in [-0.15, -0.1) is 0 Å². The molecule has 1 aromatic rings. The Labute approximate surface area is 96.2 Å². The normalized spacial score (nSPS) is 12.2. The second-order valence-electron chi connectivity index (χ2n) is 2.95. The molecule has 0 aliphatic carbocycles. The van der Waals surface area contributed by atoms with Crippen molar-refractivity contribution in [3.8, 4) is 5.75 Å². The van der Waals surface area contributed by atoms with Crippen molar-refractivity contribution >= 4 is 17.6 Å². The summed E-state index contributed by atoms with van der Waals surface area (Å²) in [5.41, 5.74) is -0.578. The molecule has 0 aromatic heterocycles. The van der Waals surface area contributed by atoms with Gasteiger partial charge in [-0.1, -0.05) is 11.6 Å². The van der Waals surface area contributed by atoms with Gasteiger partial charge in [0.25, 0.3) is 0 Å². The Morgan fingerprint density at radius 2 is 2.25 bits per heavy atom. The van der Waals surface area contributed by atoms with E-state index in [1.165, 1.54) is 0 Å². The van der Waals surface area contributed by atoms with Crippen molar-refractivity contribution in [2.24, 2.45) is 0 Å². The van der Waals surface area contributed by atoms with Crippen molar-refractivity contribution in [2.45, 2.75) is 13.0 Å². The third kappa shape index (κ3) is 2.43. The summed E-state index contributed by atoms with van der Waals surface area (Å²) >= 11 is 5.46. The molecule has 0 saturated carbocycles. The molecule has 1 unspecified atom stereocenters. The number of benzene rings is 1. The van der Waals surface area contributed by atoms with Crippen LogP contribution in [0.25, 0.3) is 0 Å². The Kier molecular flexibility index (Phi) is 4.09. The fraction of sp³-hybridized carbons (Fsp3) is 0.300. The second kappa shape index (κ2) is 5.14. The molecular formula is C10H10ClFO4. The van der Waals surface area contributed by atoms with Crippen LogP contribution in [0.15, 0.2) is 12.1 Å². The zero-order valence-corrected chi connectivity index (χ0v) is 9.16. The molecule has 0 aliphatic rings. The van der Waals surface area contributed by atoms with E-state index in [1.54, 1.807) is 6.92 Å². The molecule has 2 N–H and O–H groups in total. The van der Waals surface area contributed by atoms with Gasteiger partial charge in [0.05, 0.1) is 17.2 Å². The topological polar surface area (TPSA) is 66.8 Å². The van der Waals surface area contributed by atoms with Crippen molar-refractivity contribution < 1.29 is 24.1 Å². The summed E-state index contributed by atoms with van der Waals surface area (Å²) in [6, 6.07) is 2.21. The Hall–Kier alpha value is -1.33. The zero-order chi connectivity index (χ0) is 12.3. The highest BCUT2D eigenvalue weighted by molar-refractivity contribution is 6.30. The zero-order valence-electron chi connectivity index (χ0n) is 8.41. The Bertz CT molecular complexity index is 408. The van der Waals surface area contributed by atoms with E-state index in [9.17, 15) is 19.4 Å². The number of phenols is 1. The van der Waals surface area contributed by atoms with Crippen LogP contribution in [-0.2, 0) is 9.53 Å². The lowest BCUT2D eigenvalue weighted by atomic mass is 10.1. The highest BCUT2D eigenvalue weighted by Crippen LogP contribution is 2.31. The monoisotopic (exact) mass is 248 g/mol. The van der Waals surface area contributed by atoms with E-state index in [1.807, 2.05) is 0 Å². The van der Waals surface area contributed by atoms with Gasteiger partial charge in [-0.2, -0.15) is 0 Å². The summed E-state index contributed by atoms with van der Waals surface area (Å²) in [7, 11) is 0. The number of aliphatic hydroxyl groups is 1. The quantitative estimate of drug-likeness (QED) is 0.801. The minimum absolute atomic E-state index is 0.0405. The smallest absolute Gasteiger partial charge is 0.339 e. The number of phenolic OH excluding ortho intramolecular Hbond substituents is 1. The van der Waals surface area contributed by atoms with E-state index in [4.69, 9.17) is 11.6 Å². The molecule has 16 heavy (non-hydrogen) atoms. The van der Waals surface area contributed by atoms with Crippen LogP contribution in [0.4, 0.5) is 4.39 Å². The lowest BCUT2D eigenvalue weighted by Crippen LogP contribution is -2.17. The molecule has 1 atom stereocenters. The maximum atomic E-state index is 13.5. The van der Waals surface area contributed by atoms with Gasteiger partial charge in [-0.25, -0.2) is 9.18 Å². The number of aromatic hydroxyl groups is 1. The van der Waals surface area contributed by atoms with Crippen molar-refractivity contribution in [1.82, 2.24) is 0 Å². The minimum atomic E-state index is -1.89. The fourth-order valence-electron chi connectivity index (χ4n) is 1.16. The maximum Gasteiger partial charge on any atom is 0.339 e. The molecule has 0 amide bonds. The van der Waals surface area contributed by atoms with E-state index >= 15 is 0 Å². The Balaban J connectivity index is 3.12. The lowest BCUT2D eigenvalue weighted by molar-refractivity contribution is -0.153. The first-order valence-electron chi connectivity index (χ1n) is 4.50. The van der Waals surface area contributed by atoms with E-state index in [2.05, 4.69) is 4.74 Å². The van der Waals surface area contributed by atoms with Gasteiger partial charge in [0.2, 0.25) is 0 Å². The first-order valence-corrected chi connectivity index (χ1v) is 4.88. The van der Waals surface area contributed by atoms with Crippen LogP contribution in [0, 0.1) is 5.82 Å². The van der Waals surface area contributed by atoms with Gasteiger partial charge < -0.3 is 14.9 Å². The van der Waals surface area contributed by atoms with Gasteiger partial charge in [-0.3, -0.25) is 0 Å². The SMILES string of the molecule is CCOC(=O)C(O)c1c(O)ccc(Cl)c1F. The van der Waals surface area contributed by atoms with Crippen molar-refractivity contribution in [2.75, 3.05) is 6.61 Å². The number of carbonyl (C=O) groups excluding carboxylic acids is 1. The number of aliphatic hydroxyl groups excluding tert-OH is 1. The number of hydrogen-bond acceptors (Lipinski definition) is 4. The molecule has 0 bridgehead atoms. The van der Waals surface area contributed by atoms with E-state index in [0.29, 0.717) is 0 Å². The van der Waals surface area contributed by atoms with Crippen LogP contribution in [0.2, 0.25) is 5.02 Å². The predicted octanol–water partition coefficient (Wildman–Crippen LogP) is 1.78. The molecule has 88 valence electrons. The number of ether oxygens (including phenoxy) is 1. The summed E-state index contributed by atoms with van der Waals surface area (Å²) in [6.45, 7) is 1.58. The van der Waals surface area contributed by atoms with E-state index in [-0.39, 0.29) is 11.6 Å². The largest absolute Gasteiger partial charge is 0.507 e. The second-order valence-corrected chi connectivity index (χ2v) is 3.36. The molecule has 0 saturated heterocycles. The van der Waals surface area contributed by atoms with Crippen LogP contribution >= 0.6 is 11.6 Å². The molecule has 1 aromatic carbocycles. The average molecular weight is 249 g/mol. The molecule has 0 spiro atoms. The van der Waals surface area contributed by atoms with Gasteiger partial charge >= 0.3 is 5.97 Å². The van der Waals surface area contributed by atoms with E-state index < -0.39 is 29.2 Å². The number of rotatable bonds is 3. The van der Waals surface area contributed by atoms with Gasteiger partial charge in [0, 0.05) is 0 Å². The molecule has 6 heteroatoms. The summed E-state index contributed by atoms with van der Waals surface area (Å²) in [4.78, 5) is 11.2. The molecule has 0 heterocycles. The van der Waals surface area contributed by atoms with Crippen molar-refractivity contribution in [1.29, 1.82) is 0 Å². The minimum Gasteiger partial charge on any atom is -0.507 e. The van der Waals surface area contributed by atoms with Crippen LogP contribution in [0.1, 0.15) is 18.6 Å². The number of hydrogen-bond donors (Lipinski definition) is 2. The molecule has 1 rings (SSSR count). The van der Waals surface area contributed by atoms with Crippen LogP contribution in [-0.4, -0.2) is 22.8 Å². The Morgan fingerprint density at radius 3 is 2.81 bits per heavy atom. The van der Waals surface area contributed by atoms with Crippen LogP contribution < -0.4 is 0 Å². The van der Waals surface area contributed by atoms with Crippen LogP contribution in [0.3, 0.4) is 0 Å². The number of carbonyl (C=O) groups is 1. The van der Waals surface area contributed by atoms with Crippen molar-refractivity contribution in [3.63, 3.8) is 0 Å². The maximum absolute atomic E-state index is 13.5. The highest BCUT2D eigenvalue weighted by Gasteiger charge is 2.26. The molecule has 4 nitrogen and oxygen atoms in total. The predicted molar refractivity (Wildman–Crippen MR) is 54.7 cm³/mol. The molecular weight excluding hydrogens is 239 g/mol. The summed E-state index contributed by atoms with van der Waals surface area (Å²) in [5, 5.41) is 18.5. The highest BCUT2D eigenvalue weighted by atomic mass is 35.5.